The topological polar surface area (TPSA) is 38.5 Å². The smallest absolute Gasteiger partial charge is 0.191 e. The van der Waals surface area contributed by atoms with E-state index in [9.17, 15) is 0 Å². The van der Waals surface area contributed by atoms with Gasteiger partial charge in [-0.1, -0.05) is 20.8 Å². The van der Waals surface area contributed by atoms with E-state index < -0.39 is 8.32 Å². The van der Waals surface area contributed by atoms with Gasteiger partial charge in [0.2, 0.25) is 0 Å². The quantitative estimate of drug-likeness (QED) is 0.797. The van der Waals surface area contributed by atoms with Crippen molar-refractivity contribution in [3.63, 3.8) is 0 Å². The first-order valence-electron chi connectivity index (χ1n) is 8.51. The summed E-state index contributed by atoms with van der Waals surface area (Å²) >= 11 is 0. The minimum Gasteiger partial charge on any atom is -0.417 e. The van der Waals surface area contributed by atoms with Crippen LogP contribution in [-0.4, -0.2) is 44.0 Å². The van der Waals surface area contributed by atoms with Crippen molar-refractivity contribution in [3.8, 4) is 0 Å². The second-order valence-corrected chi connectivity index (χ2v) is 14.0. The van der Waals surface area contributed by atoms with Crippen LogP contribution >= 0.6 is 0 Å². The normalized spacial score (nSPS) is 26.1. The van der Waals surface area contributed by atoms with E-state index in [1.54, 1.807) is 0 Å². The standard InChI is InChI=1S/C17H38N2OSi/c1-16(2,3)19-11-9-14(18)13-15(19)10-12-20-21(7,8)17(4,5)6/h14-15H,9-13,18H2,1-8H3/t14-,15+/m0/s1. The molecular formula is C17H38N2OSi. The molecule has 0 aromatic rings. The molecule has 0 unspecified atom stereocenters. The van der Waals surface area contributed by atoms with Gasteiger partial charge in [-0.2, -0.15) is 0 Å². The summed E-state index contributed by atoms with van der Waals surface area (Å²) in [5, 5.41) is 0.291. The lowest BCUT2D eigenvalue weighted by Gasteiger charge is -2.47. The number of nitrogens with two attached hydrogens (primary N) is 1. The van der Waals surface area contributed by atoms with E-state index in [2.05, 4.69) is 59.5 Å². The van der Waals surface area contributed by atoms with Crippen LogP contribution in [0.15, 0.2) is 0 Å². The first-order valence-corrected chi connectivity index (χ1v) is 11.4. The van der Waals surface area contributed by atoms with E-state index in [0.717, 1.165) is 32.4 Å². The van der Waals surface area contributed by atoms with Crippen LogP contribution in [0.4, 0.5) is 0 Å². The highest BCUT2D eigenvalue weighted by molar-refractivity contribution is 6.74. The Labute approximate surface area is 133 Å². The Morgan fingerprint density at radius 2 is 1.71 bits per heavy atom. The van der Waals surface area contributed by atoms with Crippen molar-refractivity contribution in [2.24, 2.45) is 5.73 Å². The van der Waals surface area contributed by atoms with Crippen LogP contribution in [-0.2, 0) is 4.43 Å². The number of hydrogen-bond donors (Lipinski definition) is 1. The summed E-state index contributed by atoms with van der Waals surface area (Å²) < 4.78 is 6.36. The molecule has 1 rings (SSSR count). The van der Waals surface area contributed by atoms with Crippen LogP contribution in [0.2, 0.25) is 18.1 Å². The van der Waals surface area contributed by atoms with Gasteiger partial charge in [-0.05, 0) is 58.2 Å². The molecule has 21 heavy (non-hydrogen) atoms. The lowest BCUT2D eigenvalue weighted by molar-refractivity contribution is 0.0327. The Hall–Kier alpha value is 0.0969. The van der Waals surface area contributed by atoms with Crippen molar-refractivity contribution in [2.45, 2.75) is 96.6 Å². The van der Waals surface area contributed by atoms with Gasteiger partial charge in [-0.3, -0.25) is 4.90 Å². The molecule has 0 radical (unpaired) electrons. The molecule has 0 aromatic carbocycles. The average Bonchev–Trinajstić information content (AvgIpc) is 2.25. The zero-order chi connectivity index (χ0) is 16.5. The summed E-state index contributed by atoms with van der Waals surface area (Å²) in [5.41, 5.74) is 6.42. The van der Waals surface area contributed by atoms with Crippen LogP contribution in [0.3, 0.4) is 0 Å². The van der Waals surface area contributed by atoms with Gasteiger partial charge >= 0.3 is 0 Å². The van der Waals surface area contributed by atoms with Crippen molar-refractivity contribution in [1.82, 2.24) is 4.90 Å². The number of nitrogens with zero attached hydrogens (tertiary/aromatic N) is 1. The van der Waals surface area contributed by atoms with Crippen LogP contribution in [0.5, 0.6) is 0 Å². The van der Waals surface area contributed by atoms with Gasteiger partial charge in [0.1, 0.15) is 0 Å². The molecule has 2 atom stereocenters. The molecule has 1 heterocycles. The Bertz CT molecular complexity index is 331. The molecule has 2 N–H and O–H groups in total. The molecule has 3 nitrogen and oxygen atoms in total. The summed E-state index contributed by atoms with van der Waals surface area (Å²) in [6, 6.07) is 0.931. The molecule has 0 aromatic heterocycles. The van der Waals surface area contributed by atoms with Crippen molar-refractivity contribution >= 4 is 8.32 Å². The zero-order valence-corrected chi connectivity index (χ0v) is 16.6. The summed E-state index contributed by atoms with van der Waals surface area (Å²) in [6.07, 6.45) is 3.34. The van der Waals surface area contributed by atoms with Gasteiger partial charge in [0, 0.05) is 30.8 Å². The Morgan fingerprint density at radius 3 is 2.19 bits per heavy atom. The molecule has 0 aliphatic carbocycles. The van der Waals surface area contributed by atoms with Crippen molar-refractivity contribution in [2.75, 3.05) is 13.2 Å². The number of likely N-dealkylation sites (tertiary alicyclic amines) is 1. The molecule has 1 saturated heterocycles. The Kier molecular flexibility index (Phi) is 6.10. The fraction of sp³-hybridized carbons (Fsp3) is 1.00. The third-order valence-electron chi connectivity index (χ3n) is 5.34. The first kappa shape index (κ1) is 19.1. The lowest BCUT2D eigenvalue weighted by Crippen LogP contribution is -2.55. The van der Waals surface area contributed by atoms with Crippen LogP contribution in [0, 0.1) is 0 Å². The van der Waals surface area contributed by atoms with E-state index in [4.69, 9.17) is 10.2 Å². The van der Waals surface area contributed by atoms with Crippen molar-refractivity contribution in [3.05, 3.63) is 0 Å². The average molecular weight is 315 g/mol. The largest absolute Gasteiger partial charge is 0.417 e. The number of piperidine rings is 1. The number of rotatable bonds is 4. The highest BCUT2D eigenvalue weighted by Gasteiger charge is 2.38. The predicted octanol–water partition coefficient (Wildman–Crippen LogP) is 3.99. The maximum atomic E-state index is 6.36. The summed E-state index contributed by atoms with van der Waals surface area (Å²) in [4.78, 5) is 2.63. The molecule has 0 amide bonds. The zero-order valence-electron chi connectivity index (χ0n) is 15.6. The van der Waals surface area contributed by atoms with Gasteiger partial charge in [-0.25, -0.2) is 0 Å². The minimum atomic E-state index is -1.62. The van der Waals surface area contributed by atoms with Gasteiger partial charge in [0.05, 0.1) is 0 Å². The molecule has 0 bridgehead atoms. The van der Waals surface area contributed by atoms with Crippen LogP contribution in [0.25, 0.3) is 0 Å². The summed E-state index contributed by atoms with van der Waals surface area (Å²) in [7, 11) is -1.62. The van der Waals surface area contributed by atoms with Gasteiger partial charge < -0.3 is 10.2 Å². The third kappa shape index (κ3) is 5.34. The fourth-order valence-corrected chi connectivity index (χ4v) is 3.97. The van der Waals surface area contributed by atoms with Crippen molar-refractivity contribution < 1.29 is 4.43 Å². The predicted molar refractivity (Wildman–Crippen MR) is 95.2 cm³/mol. The van der Waals surface area contributed by atoms with Crippen LogP contribution in [0.1, 0.15) is 60.8 Å². The Balaban J connectivity index is 2.59. The van der Waals surface area contributed by atoms with Crippen LogP contribution < -0.4 is 5.73 Å². The molecule has 1 aliphatic rings. The van der Waals surface area contributed by atoms with E-state index in [0.29, 0.717) is 17.1 Å². The van der Waals surface area contributed by atoms with E-state index in [1.165, 1.54) is 0 Å². The molecule has 1 fully saturated rings. The second kappa shape index (κ2) is 6.69. The van der Waals surface area contributed by atoms with Gasteiger partial charge in [0.25, 0.3) is 0 Å². The number of hydrogen-bond acceptors (Lipinski definition) is 3. The van der Waals surface area contributed by atoms with E-state index >= 15 is 0 Å². The third-order valence-corrected chi connectivity index (χ3v) is 9.88. The molecule has 1 aliphatic heterocycles. The minimum absolute atomic E-state index is 0.224. The second-order valence-electron chi connectivity index (χ2n) is 9.20. The molecule has 0 saturated carbocycles. The SMILES string of the molecule is CC(C)(C)N1CC[C@H](N)C[C@H]1CCO[Si](C)(C)C(C)(C)C. The summed E-state index contributed by atoms with van der Waals surface area (Å²) in [6.45, 7) is 20.5. The highest BCUT2D eigenvalue weighted by Crippen LogP contribution is 2.37. The fourth-order valence-electron chi connectivity index (χ4n) is 2.91. The maximum Gasteiger partial charge on any atom is 0.191 e. The van der Waals surface area contributed by atoms with Crippen molar-refractivity contribution in [1.29, 1.82) is 0 Å². The molecule has 0 spiro atoms. The monoisotopic (exact) mass is 314 g/mol. The molecule has 126 valence electrons. The Morgan fingerprint density at radius 1 is 1.14 bits per heavy atom. The molecule has 4 heteroatoms. The van der Waals surface area contributed by atoms with E-state index in [-0.39, 0.29) is 5.54 Å². The first-order chi connectivity index (χ1) is 9.34. The van der Waals surface area contributed by atoms with Gasteiger partial charge in [0.15, 0.2) is 8.32 Å². The lowest BCUT2D eigenvalue weighted by atomic mass is 9.90. The van der Waals surface area contributed by atoms with Gasteiger partial charge in [-0.15, -0.1) is 0 Å². The maximum absolute atomic E-state index is 6.36. The molecular weight excluding hydrogens is 276 g/mol. The summed E-state index contributed by atoms with van der Waals surface area (Å²) in [5.74, 6) is 0. The highest BCUT2D eigenvalue weighted by atomic mass is 28.4. The van der Waals surface area contributed by atoms with E-state index in [1.807, 2.05) is 0 Å².